The fourth-order valence-electron chi connectivity index (χ4n) is 2.54. The van der Waals surface area contributed by atoms with Crippen molar-refractivity contribution in [3.63, 3.8) is 0 Å². The Bertz CT molecular complexity index is 300. The molecule has 2 aliphatic rings. The van der Waals surface area contributed by atoms with Crippen LogP contribution in [0.4, 0.5) is 0 Å². The molecule has 0 bridgehead atoms. The number of methoxy groups -OCH3 is 1. The first kappa shape index (κ1) is 13.8. The van der Waals surface area contributed by atoms with Gasteiger partial charge in [-0.25, -0.2) is 0 Å². The summed E-state index contributed by atoms with van der Waals surface area (Å²) in [5, 5.41) is 3.46. The van der Waals surface area contributed by atoms with E-state index in [1.807, 2.05) is 6.92 Å². The highest BCUT2D eigenvalue weighted by atomic mass is 16.5. The molecular weight excluding hydrogens is 228 g/mol. The number of nitrogens with zero attached hydrogens (tertiary/aromatic N) is 1. The number of carbonyl (C=O) groups is 1. The summed E-state index contributed by atoms with van der Waals surface area (Å²) in [6.45, 7) is 6.23. The molecule has 2 fully saturated rings. The van der Waals surface area contributed by atoms with Crippen molar-refractivity contribution >= 4 is 5.97 Å². The van der Waals surface area contributed by atoms with Crippen LogP contribution < -0.4 is 5.32 Å². The zero-order valence-electron chi connectivity index (χ0n) is 11.9. The third-order valence-electron chi connectivity index (χ3n) is 4.10. The summed E-state index contributed by atoms with van der Waals surface area (Å²) in [5.41, 5.74) is -0.516. The van der Waals surface area contributed by atoms with Crippen LogP contribution in [-0.2, 0) is 9.53 Å². The summed E-state index contributed by atoms with van der Waals surface area (Å²) in [5.74, 6) is -0.124. The number of nitrogens with one attached hydrogen (secondary N) is 1. The van der Waals surface area contributed by atoms with Gasteiger partial charge in [-0.2, -0.15) is 0 Å². The second kappa shape index (κ2) is 5.57. The lowest BCUT2D eigenvalue weighted by Gasteiger charge is -2.31. The van der Waals surface area contributed by atoms with E-state index in [4.69, 9.17) is 4.74 Å². The molecule has 0 aromatic heterocycles. The Labute approximate surface area is 110 Å². The van der Waals surface area contributed by atoms with Crippen LogP contribution in [0.25, 0.3) is 0 Å². The molecule has 0 spiro atoms. The predicted molar refractivity (Wildman–Crippen MR) is 71.5 cm³/mol. The number of carbonyl (C=O) groups excluding carboxylic acids is 1. The highest BCUT2D eigenvalue weighted by Crippen LogP contribution is 2.29. The fraction of sp³-hybridized carbons (Fsp3) is 0.929. The highest BCUT2D eigenvalue weighted by Gasteiger charge is 2.40. The van der Waals surface area contributed by atoms with Gasteiger partial charge >= 0.3 is 5.97 Å². The SMILES string of the molecule is CCN(CCC(C)(NC1CC1)C(=O)OC)C1CC1. The topological polar surface area (TPSA) is 41.6 Å². The van der Waals surface area contributed by atoms with Crippen LogP contribution in [-0.4, -0.2) is 48.7 Å². The number of esters is 1. The van der Waals surface area contributed by atoms with Crippen LogP contribution in [0.5, 0.6) is 0 Å². The largest absolute Gasteiger partial charge is 0.468 e. The molecule has 2 aliphatic carbocycles. The van der Waals surface area contributed by atoms with Crippen molar-refractivity contribution < 1.29 is 9.53 Å². The minimum atomic E-state index is -0.516. The quantitative estimate of drug-likeness (QED) is 0.667. The molecule has 0 saturated heterocycles. The van der Waals surface area contributed by atoms with E-state index in [1.54, 1.807) is 0 Å². The first-order valence-electron chi connectivity index (χ1n) is 7.19. The van der Waals surface area contributed by atoms with E-state index in [1.165, 1.54) is 32.8 Å². The Hall–Kier alpha value is -0.610. The lowest BCUT2D eigenvalue weighted by molar-refractivity contribution is -0.148. The maximum absolute atomic E-state index is 12.0. The lowest BCUT2D eigenvalue weighted by atomic mass is 9.97. The summed E-state index contributed by atoms with van der Waals surface area (Å²) in [7, 11) is 1.48. The van der Waals surface area contributed by atoms with Crippen molar-refractivity contribution in [2.75, 3.05) is 20.2 Å². The number of rotatable bonds is 8. The third kappa shape index (κ3) is 3.45. The Morgan fingerprint density at radius 3 is 2.50 bits per heavy atom. The molecule has 104 valence electrons. The molecule has 1 unspecified atom stereocenters. The van der Waals surface area contributed by atoms with Gasteiger partial charge in [0, 0.05) is 18.6 Å². The van der Waals surface area contributed by atoms with Crippen molar-refractivity contribution in [3.05, 3.63) is 0 Å². The number of hydrogen-bond donors (Lipinski definition) is 1. The number of hydrogen-bond acceptors (Lipinski definition) is 4. The molecule has 1 atom stereocenters. The van der Waals surface area contributed by atoms with Crippen molar-refractivity contribution in [2.45, 2.75) is 63.6 Å². The smallest absolute Gasteiger partial charge is 0.325 e. The number of ether oxygens (including phenoxy) is 1. The van der Waals surface area contributed by atoms with Gasteiger partial charge in [-0.05, 0) is 45.6 Å². The normalized spacial score (nSPS) is 22.9. The summed E-state index contributed by atoms with van der Waals surface area (Å²) in [6.07, 6.45) is 5.84. The molecule has 0 aromatic rings. The third-order valence-corrected chi connectivity index (χ3v) is 4.10. The van der Waals surface area contributed by atoms with E-state index in [9.17, 15) is 4.79 Å². The van der Waals surface area contributed by atoms with Crippen LogP contribution in [0.15, 0.2) is 0 Å². The molecule has 2 saturated carbocycles. The molecule has 2 rings (SSSR count). The van der Waals surface area contributed by atoms with E-state index >= 15 is 0 Å². The molecular formula is C14H26N2O2. The van der Waals surface area contributed by atoms with E-state index in [0.29, 0.717) is 6.04 Å². The van der Waals surface area contributed by atoms with Gasteiger partial charge in [-0.15, -0.1) is 0 Å². The first-order valence-corrected chi connectivity index (χ1v) is 7.19. The zero-order valence-corrected chi connectivity index (χ0v) is 11.9. The van der Waals surface area contributed by atoms with E-state index in [2.05, 4.69) is 17.1 Å². The van der Waals surface area contributed by atoms with Crippen LogP contribution in [0.2, 0.25) is 0 Å². The average Bonchev–Trinajstić information content (AvgIpc) is 3.21. The molecule has 18 heavy (non-hydrogen) atoms. The van der Waals surface area contributed by atoms with Gasteiger partial charge in [0.25, 0.3) is 0 Å². The van der Waals surface area contributed by atoms with Gasteiger partial charge in [0.1, 0.15) is 5.54 Å². The van der Waals surface area contributed by atoms with Gasteiger partial charge in [0.15, 0.2) is 0 Å². The van der Waals surface area contributed by atoms with Gasteiger partial charge < -0.3 is 9.64 Å². The second-order valence-electron chi connectivity index (χ2n) is 5.85. The molecule has 0 radical (unpaired) electrons. The van der Waals surface area contributed by atoms with E-state index in [-0.39, 0.29) is 5.97 Å². The van der Waals surface area contributed by atoms with E-state index in [0.717, 1.165) is 25.6 Å². The Morgan fingerprint density at radius 2 is 2.06 bits per heavy atom. The summed E-state index contributed by atoms with van der Waals surface area (Å²) < 4.78 is 4.97. The Morgan fingerprint density at radius 1 is 1.39 bits per heavy atom. The van der Waals surface area contributed by atoms with E-state index < -0.39 is 5.54 Å². The minimum Gasteiger partial charge on any atom is -0.468 e. The molecule has 1 N–H and O–H groups in total. The van der Waals surface area contributed by atoms with Gasteiger partial charge in [0.05, 0.1) is 7.11 Å². The zero-order chi connectivity index (χ0) is 13.2. The van der Waals surface area contributed by atoms with Crippen molar-refractivity contribution in [1.82, 2.24) is 10.2 Å². The van der Waals surface area contributed by atoms with Crippen LogP contribution in [0, 0.1) is 0 Å². The lowest BCUT2D eigenvalue weighted by Crippen LogP contribution is -2.53. The van der Waals surface area contributed by atoms with Crippen LogP contribution in [0.1, 0.15) is 46.0 Å². The monoisotopic (exact) mass is 254 g/mol. The molecule has 0 aliphatic heterocycles. The molecule has 0 aromatic carbocycles. The predicted octanol–water partition coefficient (Wildman–Crippen LogP) is 1.54. The van der Waals surface area contributed by atoms with Crippen LogP contribution in [0.3, 0.4) is 0 Å². The first-order chi connectivity index (χ1) is 8.59. The van der Waals surface area contributed by atoms with Gasteiger partial charge in [-0.1, -0.05) is 6.92 Å². The maximum Gasteiger partial charge on any atom is 0.325 e. The maximum atomic E-state index is 12.0. The minimum absolute atomic E-state index is 0.124. The van der Waals surface area contributed by atoms with Gasteiger partial charge in [-0.3, -0.25) is 10.1 Å². The molecule has 0 heterocycles. The summed E-state index contributed by atoms with van der Waals surface area (Å²) in [4.78, 5) is 14.5. The van der Waals surface area contributed by atoms with Crippen molar-refractivity contribution in [1.29, 1.82) is 0 Å². The van der Waals surface area contributed by atoms with Crippen molar-refractivity contribution in [2.24, 2.45) is 0 Å². The molecule has 4 nitrogen and oxygen atoms in total. The Balaban J connectivity index is 1.88. The van der Waals surface area contributed by atoms with Crippen molar-refractivity contribution in [3.8, 4) is 0 Å². The highest BCUT2D eigenvalue weighted by molar-refractivity contribution is 5.80. The summed E-state index contributed by atoms with van der Waals surface area (Å²) >= 11 is 0. The van der Waals surface area contributed by atoms with Gasteiger partial charge in [0.2, 0.25) is 0 Å². The average molecular weight is 254 g/mol. The second-order valence-corrected chi connectivity index (χ2v) is 5.85. The Kier molecular flexibility index (Phi) is 4.28. The molecule has 0 amide bonds. The fourth-order valence-corrected chi connectivity index (χ4v) is 2.54. The summed E-state index contributed by atoms with van der Waals surface area (Å²) in [6, 6.07) is 1.28. The standard InChI is InChI=1S/C14H26N2O2/c1-4-16(12-7-8-12)10-9-14(2,13(17)18-3)15-11-5-6-11/h11-12,15H,4-10H2,1-3H3. The molecule has 4 heteroatoms. The van der Waals surface area contributed by atoms with Crippen LogP contribution >= 0.6 is 0 Å².